The summed E-state index contributed by atoms with van der Waals surface area (Å²) in [6.07, 6.45) is 1.09. The number of amides is 1. The predicted octanol–water partition coefficient (Wildman–Crippen LogP) is 2.33. The maximum atomic E-state index is 12.7. The minimum absolute atomic E-state index is 0.298. The summed E-state index contributed by atoms with van der Waals surface area (Å²) in [6.45, 7) is 2.80. The normalized spacial score (nSPS) is 12.6. The molecule has 0 aromatic heterocycles. The summed E-state index contributed by atoms with van der Waals surface area (Å²) in [5.41, 5.74) is 1.51. The van der Waals surface area contributed by atoms with Crippen molar-refractivity contribution < 1.29 is 17.9 Å². The van der Waals surface area contributed by atoms with E-state index in [2.05, 4.69) is 5.32 Å². The van der Waals surface area contributed by atoms with E-state index in [4.69, 9.17) is 4.74 Å². The highest BCUT2D eigenvalue weighted by Crippen LogP contribution is 2.22. The predicted molar refractivity (Wildman–Crippen MR) is 101 cm³/mol. The molecule has 0 spiro atoms. The maximum absolute atomic E-state index is 12.7. The number of nitrogens with one attached hydrogen (secondary N) is 1. The molecule has 1 atom stereocenters. The second kappa shape index (κ2) is 8.82. The molecule has 0 saturated carbocycles. The summed E-state index contributed by atoms with van der Waals surface area (Å²) in [6, 6.07) is 15.3. The first-order valence-electron chi connectivity index (χ1n) is 8.30. The minimum Gasteiger partial charge on any atom is -0.494 e. The molecule has 0 saturated heterocycles. The van der Waals surface area contributed by atoms with Gasteiger partial charge in [0.15, 0.2) is 0 Å². The number of hydrogen-bond acceptors (Lipinski definition) is 4. The Hall–Kier alpha value is -2.38. The van der Waals surface area contributed by atoms with Gasteiger partial charge in [-0.2, -0.15) is 4.31 Å². The van der Waals surface area contributed by atoms with Crippen molar-refractivity contribution in [3.05, 3.63) is 65.7 Å². The fourth-order valence-corrected chi connectivity index (χ4v) is 3.11. The molecule has 7 heteroatoms. The molecule has 0 fully saturated rings. The number of ether oxygens (including phenoxy) is 1. The number of carbonyl (C=O) groups is 1. The largest absolute Gasteiger partial charge is 0.494 e. The number of likely N-dealkylation sites (N-methyl/N-ethyl adjacent to an activating group) is 1. The highest BCUT2D eigenvalue weighted by atomic mass is 32.2. The van der Waals surface area contributed by atoms with Crippen molar-refractivity contribution in [3.63, 3.8) is 0 Å². The standard InChI is InChI=1S/C19H24N2O4S/c1-4-25-17-12-10-15(11-13-17)14-20-19(22)18(21(2)26(3,23)24)16-8-6-5-7-9-16/h5-13,18H,4,14H2,1-3H3,(H,20,22). The van der Waals surface area contributed by atoms with Gasteiger partial charge in [-0.1, -0.05) is 42.5 Å². The number of rotatable bonds is 8. The molecule has 140 valence electrons. The van der Waals surface area contributed by atoms with Gasteiger partial charge in [0.1, 0.15) is 11.8 Å². The third kappa shape index (κ3) is 5.31. The van der Waals surface area contributed by atoms with Crippen LogP contribution < -0.4 is 10.1 Å². The van der Waals surface area contributed by atoms with Crippen LogP contribution in [0.2, 0.25) is 0 Å². The van der Waals surface area contributed by atoms with Gasteiger partial charge >= 0.3 is 0 Å². The Morgan fingerprint density at radius 1 is 1.12 bits per heavy atom. The number of sulfonamides is 1. The lowest BCUT2D eigenvalue weighted by molar-refractivity contribution is -0.124. The Labute approximate surface area is 154 Å². The van der Waals surface area contributed by atoms with Crippen LogP contribution in [0, 0.1) is 0 Å². The second-order valence-electron chi connectivity index (χ2n) is 5.89. The molecule has 1 N–H and O–H groups in total. The summed E-state index contributed by atoms with van der Waals surface area (Å²) in [4.78, 5) is 12.7. The Morgan fingerprint density at radius 2 is 1.73 bits per heavy atom. The quantitative estimate of drug-likeness (QED) is 0.767. The van der Waals surface area contributed by atoms with Crippen LogP contribution in [0.4, 0.5) is 0 Å². The molecule has 6 nitrogen and oxygen atoms in total. The Morgan fingerprint density at radius 3 is 2.27 bits per heavy atom. The highest BCUT2D eigenvalue weighted by Gasteiger charge is 2.30. The molecule has 2 aromatic rings. The molecule has 1 unspecified atom stereocenters. The molecule has 0 aliphatic carbocycles. The van der Waals surface area contributed by atoms with E-state index in [9.17, 15) is 13.2 Å². The van der Waals surface area contributed by atoms with Gasteiger partial charge in [0.25, 0.3) is 0 Å². The van der Waals surface area contributed by atoms with Crippen LogP contribution in [-0.2, 0) is 21.4 Å². The van der Waals surface area contributed by atoms with Crippen LogP contribution in [0.5, 0.6) is 5.75 Å². The molecule has 2 aromatic carbocycles. The van der Waals surface area contributed by atoms with Crippen molar-refractivity contribution >= 4 is 15.9 Å². The van der Waals surface area contributed by atoms with E-state index in [0.717, 1.165) is 21.9 Å². The van der Waals surface area contributed by atoms with Gasteiger partial charge in [-0.05, 0) is 30.2 Å². The van der Waals surface area contributed by atoms with Crippen LogP contribution >= 0.6 is 0 Å². The topological polar surface area (TPSA) is 75.7 Å². The van der Waals surface area contributed by atoms with Gasteiger partial charge in [-0.3, -0.25) is 4.79 Å². The average Bonchev–Trinajstić information content (AvgIpc) is 2.62. The number of benzene rings is 2. The Kier molecular flexibility index (Phi) is 6.76. The summed E-state index contributed by atoms with van der Waals surface area (Å²) < 4.78 is 30.4. The zero-order valence-electron chi connectivity index (χ0n) is 15.2. The number of nitrogens with zero attached hydrogens (tertiary/aromatic N) is 1. The van der Waals surface area contributed by atoms with Crippen LogP contribution in [-0.4, -0.2) is 38.5 Å². The first kappa shape index (κ1) is 19.9. The summed E-state index contributed by atoms with van der Waals surface area (Å²) >= 11 is 0. The molecule has 0 aliphatic rings. The van der Waals surface area contributed by atoms with E-state index >= 15 is 0 Å². The van der Waals surface area contributed by atoms with Crippen LogP contribution in [0.25, 0.3) is 0 Å². The van der Waals surface area contributed by atoms with Crippen molar-refractivity contribution in [2.45, 2.75) is 19.5 Å². The molecular weight excluding hydrogens is 352 g/mol. The van der Waals surface area contributed by atoms with E-state index in [1.54, 1.807) is 24.3 Å². The van der Waals surface area contributed by atoms with E-state index in [0.29, 0.717) is 18.7 Å². The molecule has 0 heterocycles. The maximum Gasteiger partial charge on any atom is 0.243 e. The molecule has 0 bridgehead atoms. The molecule has 1 amide bonds. The van der Waals surface area contributed by atoms with Gasteiger partial charge in [-0.25, -0.2) is 8.42 Å². The first-order valence-corrected chi connectivity index (χ1v) is 10.1. The fraction of sp³-hybridized carbons (Fsp3) is 0.316. The van der Waals surface area contributed by atoms with Gasteiger partial charge in [0, 0.05) is 13.6 Å². The zero-order chi connectivity index (χ0) is 19.2. The Balaban J connectivity index is 2.14. The molecular formula is C19H24N2O4S. The van der Waals surface area contributed by atoms with Gasteiger partial charge in [0.2, 0.25) is 15.9 Å². The van der Waals surface area contributed by atoms with E-state index in [-0.39, 0.29) is 5.91 Å². The minimum atomic E-state index is -3.53. The van der Waals surface area contributed by atoms with E-state index in [1.807, 2.05) is 37.3 Å². The van der Waals surface area contributed by atoms with Crippen molar-refractivity contribution in [2.75, 3.05) is 19.9 Å². The molecule has 26 heavy (non-hydrogen) atoms. The van der Waals surface area contributed by atoms with Crippen molar-refractivity contribution in [3.8, 4) is 5.75 Å². The smallest absolute Gasteiger partial charge is 0.243 e. The van der Waals surface area contributed by atoms with Gasteiger partial charge in [-0.15, -0.1) is 0 Å². The van der Waals surface area contributed by atoms with Crippen LogP contribution in [0.1, 0.15) is 24.1 Å². The summed E-state index contributed by atoms with van der Waals surface area (Å²) in [5, 5.41) is 2.82. The van der Waals surface area contributed by atoms with Crippen molar-refractivity contribution in [1.29, 1.82) is 0 Å². The lowest BCUT2D eigenvalue weighted by Gasteiger charge is -2.25. The number of hydrogen-bond donors (Lipinski definition) is 1. The van der Waals surface area contributed by atoms with Crippen LogP contribution in [0.15, 0.2) is 54.6 Å². The van der Waals surface area contributed by atoms with E-state index in [1.165, 1.54) is 7.05 Å². The molecule has 0 radical (unpaired) electrons. The second-order valence-corrected chi connectivity index (χ2v) is 7.93. The Bertz CT molecular complexity index is 820. The zero-order valence-corrected chi connectivity index (χ0v) is 16.0. The van der Waals surface area contributed by atoms with Crippen molar-refractivity contribution in [1.82, 2.24) is 9.62 Å². The van der Waals surface area contributed by atoms with E-state index < -0.39 is 16.1 Å². The highest BCUT2D eigenvalue weighted by molar-refractivity contribution is 7.88. The van der Waals surface area contributed by atoms with Crippen LogP contribution in [0.3, 0.4) is 0 Å². The lowest BCUT2D eigenvalue weighted by atomic mass is 10.1. The molecule has 2 rings (SSSR count). The third-order valence-corrected chi connectivity index (χ3v) is 5.21. The summed E-state index contributed by atoms with van der Waals surface area (Å²) in [5.74, 6) is 0.388. The SMILES string of the molecule is CCOc1ccc(CNC(=O)C(c2ccccc2)N(C)S(C)(=O)=O)cc1. The first-order chi connectivity index (χ1) is 12.3. The third-order valence-electron chi connectivity index (χ3n) is 3.95. The monoisotopic (exact) mass is 376 g/mol. The van der Waals surface area contributed by atoms with Gasteiger partial charge in [0.05, 0.1) is 12.9 Å². The fourth-order valence-electron chi connectivity index (χ4n) is 2.51. The molecule has 0 aliphatic heterocycles. The lowest BCUT2D eigenvalue weighted by Crippen LogP contribution is -2.41. The summed E-state index contributed by atoms with van der Waals surface area (Å²) in [7, 11) is -2.13. The van der Waals surface area contributed by atoms with Crippen molar-refractivity contribution in [2.24, 2.45) is 0 Å². The average molecular weight is 376 g/mol. The number of carbonyl (C=O) groups excluding carboxylic acids is 1. The van der Waals surface area contributed by atoms with Gasteiger partial charge < -0.3 is 10.1 Å².